The van der Waals surface area contributed by atoms with Crippen LogP contribution in [0.2, 0.25) is 0 Å². The molecule has 98 valence electrons. The monoisotopic (exact) mass is 248 g/mol. The second kappa shape index (κ2) is 6.61. The molecule has 1 fully saturated rings. The molecule has 4 nitrogen and oxygen atoms in total. The highest BCUT2D eigenvalue weighted by Gasteiger charge is 2.23. The zero-order chi connectivity index (χ0) is 12.8. The molecule has 1 aromatic heterocycles. The van der Waals surface area contributed by atoms with Gasteiger partial charge in [0, 0.05) is 31.9 Å². The minimum absolute atomic E-state index is 0.0567. The number of ether oxygens (including phenoxy) is 1. The van der Waals surface area contributed by atoms with Crippen molar-refractivity contribution in [3.63, 3.8) is 0 Å². The number of carbonyl (C=O) groups excluding carboxylic acids is 1. The smallest absolute Gasteiger partial charge is 0.141 e. The van der Waals surface area contributed by atoms with Gasteiger partial charge in [-0.05, 0) is 31.2 Å². The molecule has 0 amide bonds. The van der Waals surface area contributed by atoms with Gasteiger partial charge in [0.2, 0.25) is 0 Å². The number of nitrogens with zero attached hydrogens (tertiary/aromatic N) is 2. The molecule has 1 aliphatic rings. The van der Waals surface area contributed by atoms with Gasteiger partial charge in [0.05, 0.1) is 19.1 Å². The summed E-state index contributed by atoms with van der Waals surface area (Å²) in [6.45, 7) is 2.92. The van der Waals surface area contributed by atoms with Crippen molar-refractivity contribution < 1.29 is 9.53 Å². The molecule has 0 bridgehead atoms. The van der Waals surface area contributed by atoms with Gasteiger partial charge in [-0.25, -0.2) is 0 Å². The number of hydrogen-bond donors (Lipinski definition) is 0. The van der Waals surface area contributed by atoms with Gasteiger partial charge in [0.1, 0.15) is 5.78 Å². The predicted molar refractivity (Wildman–Crippen MR) is 69.4 cm³/mol. The quantitative estimate of drug-likeness (QED) is 0.784. The van der Waals surface area contributed by atoms with Gasteiger partial charge in [-0.2, -0.15) is 0 Å². The Morgan fingerprint density at radius 2 is 2.22 bits per heavy atom. The number of rotatable bonds is 5. The summed E-state index contributed by atoms with van der Waals surface area (Å²) in [6, 6.07) is 4.06. The Morgan fingerprint density at radius 1 is 1.44 bits per heavy atom. The SMILES string of the molecule is CN(CCc1ccncc1)CC1COCCC1=O. The molecule has 0 N–H and O–H groups in total. The number of Topliss-reactive ketones (excluding diaryl/α,β-unsaturated/α-hetero) is 1. The fourth-order valence-electron chi connectivity index (χ4n) is 2.19. The molecule has 1 atom stereocenters. The highest BCUT2D eigenvalue weighted by atomic mass is 16.5. The maximum Gasteiger partial charge on any atom is 0.141 e. The molecule has 1 saturated heterocycles. The van der Waals surface area contributed by atoms with Gasteiger partial charge < -0.3 is 9.64 Å². The molecule has 0 saturated carbocycles. The highest BCUT2D eigenvalue weighted by Crippen LogP contribution is 2.11. The maximum atomic E-state index is 11.7. The van der Waals surface area contributed by atoms with E-state index < -0.39 is 0 Å². The van der Waals surface area contributed by atoms with E-state index in [1.165, 1.54) is 5.56 Å². The first-order valence-corrected chi connectivity index (χ1v) is 6.43. The molecule has 2 heterocycles. The molecule has 18 heavy (non-hydrogen) atoms. The zero-order valence-electron chi connectivity index (χ0n) is 10.8. The Hall–Kier alpha value is -1.26. The van der Waals surface area contributed by atoms with Crippen molar-refractivity contribution >= 4 is 5.78 Å². The van der Waals surface area contributed by atoms with E-state index in [9.17, 15) is 4.79 Å². The molecule has 1 aliphatic heterocycles. The zero-order valence-corrected chi connectivity index (χ0v) is 10.8. The van der Waals surface area contributed by atoms with E-state index in [2.05, 4.69) is 16.9 Å². The molecule has 0 aromatic carbocycles. The Kier molecular flexibility index (Phi) is 4.84. The average Bonchev–Trinajstić information content (AvgIpc) is 2.40. The van der Waals surface area contributed by atoms with Gasteiger partial charge in [-0.1, -0.05) is 0 Å². The number of pyridine rings is 1. The third-order valence-electron chi connectivity index (χ3n) is 3.33. The van der Waals surface area contributed by atoms with Gasteiger partial charge >= 0.3 is 0 Å². The van der Waals surface area contributed by atoms with E-state index in [0.29, 0.717) is 25.4 Å². The third-order valence-corrected chi connectivity index (χ3v) is 3.33. The first-order chi connectivity index (χ1) is 8.75. The molecule has 1 aromatic rings. The number of carbonyl (C=O) groups is 1. The summed E-state index contributed by atoms with van der Waals surface area (Å²) in [5.41, 5.74) is 1.28. The summed E-state index contributed by atoms with van der Waals surface area (Å²) in [5.74, 6) is 0.401. The van der Waals surface area contributed by atoms with Crippen LogP contribution in [0.1, 0.15) is 12.0 Å². The van der Waals surface area contributed by atoms with Crippen molar-refractivity contribution in [2.45, 2.75) is 12.8 Å². The molecule has 0 radical (unpaired) electrons. The van der Waals surface area contributed by atoms with E-state index in [1.807, 2.05) is 24.5 Å². The fraction of sp³-hybridized carbons (Fsp3) is 0.571. The van der Waals surface area contributed by atoms with Crippen LogP contribution in [-0.4, -0.2) is 49.0 Å². The molecular weight excluding hydrogens is 228 g/mol. The lowest BCUT2D eigenvalue weighted by atomic mass is 10.00. The van der Waals surface area contributed by atoms with E-state index in [0.717, 1.165) is 19.5 Å². The minimum atomic E-state index is 0.0567. The van der Waals surface area contributed by atoms with Gasteiger partial charge in [-0.15, -0.1) is 0 Å². The Labute approximate surface area is 108 Å². The Balaban J connectivity index is 1.74. The van der Waals surface area contributed by atoms with Crippen LogP contribution in [-0.2, 0) is 16.0 Å². The topological polar surface area (TPSA) is 42.4 Å². The van der Waals surface area contributed by atoms with Crippen LogP contribution in [0, 0.1) is 5.92 Å². The highest BCUT2D eigenvalue weighted by molar-refractivity contribution is 5.82. The van der Waals surface area contributed by atoms with Crippen molar-refractivity contribution in [1.82, 2.24) is 9.88 Å². The summed E-state index contributed by atoms with van der Waals surface area (Å²) in [7, 11) is 2.06. The van der Waals surface area contributed by atoms with Crippen molar-refractivity contribution in [3.8, 4) is 0 Å². The first-order valence-electron chi connectivity index (χ1n) is 6.43. The van der Waals surface area contributed by atoms with Crippen molar-refractivity contribution in [1.29, 1.82) is 0 Å². The largest absolute Gasteiger partial charge is 0.380 e. The number of likely N-dealkylation sites (N-methyl/N-ethyl adjacent to an activating group) is 1. The summed E-state index contributed by atoms with van der Waals surface area (Å²) in [6.07, 6.45) is 5.19. The average molecular weight is 248 g/mol. The summed E-state index contributed by atoms with van der Waals surface area (Å²) in [5, 5.41) is 0. The van der Waals surface area contributed by atoms with Crippen molar-refractivity contribution in [2.24, 2.45) is 5.92 Å². The normalized spacial score (nSPS) is 20.3. The van der Waals surface area contributed by atoms with Gasteiger partial charge in [0.15, 0.2) is 0 Å². The molecule has 0 spiro atoms. The predicted octanol–water partition coefficient (Wildman–Crippen LogP) is 1.16. The molecule has 0 aliphatic carbocycles. The molecular formula is C14H20N2O2. The number of ketones is 1. The molecule has 1 unspecified atom stereocenters. The minimum Gasteiger partial charge on any atom is -0.380 e. The van der Waals surface area contributed by atoms with E-state index in [1.54, 1.807) is 0 Å². The van der Waals surface area contributed by atoms with Crippen LogP contribution in [0.15, 0.2) is 24.5 Å². The van der Waals surface area contributed by atoms with Crippen LogP contribution in [0.5, 0.6) is 0 Å². The first kappa shape index (κ1) is 13.2. The standard InChI is InChI=1S/C14H20N2O2/c1-16(8-4-12-2-6-15-7-3-12)10-13-11-18-9-5-14(13)17/h2-3,6-7,13H,4-5,8-11H2,1H3. The van der Waals surface area contributed by atoms with E-state index in [-0.39, 0.29) is 5.92 Å². The lowest BCUT2D eigenvalue weighted by Gasteiger charge is -2.26. The number of hydrogen-bond acceptors (Lipinski definition) is 4. The Bertz CT molecular complexity index is 381. The van der Waals surface area contributed by atoms with Crippen LogP contribution in [0.4, 0.5) is 0 Å². The van der Waals surface area contributed by atoms with Crippen LogP contribution >= 0.6 is 0 Å². The maximum absolute atomic E-state index is 11.7. The second-order valence-corrected chi connectivity index (χ2v) is 4.86. The lowest BCUT2D eigenvalue weighted by molar-refractivity contribution is -0.131. The van der Waals surface area contributed by atoms with Crippen molar-refractivity contribution in [2.75, 3.05) is 33.4 Å². The molecule has 4 heteroatoms. The fourth-order valence-corrected chi connectivity index (χ4v) is 2.19. The third kappa shape index (κ3) is 3.89. The van der Waals surface area contributed by atoms with E-state index >= 15 is 0 Å². The van der Waals surface area contributed by atoms with Crippen LogP contribution < -0.4 is 0 Å². The van der Waals surface area contributed by atoms with E-state index in [4.69, 9.17) is 4.74 Å². The summed E-state index contributed by atoms with van der Waals surface area (Å²) in [4.78, 5) is 17.9. The van der Waals surface area contributed by atoms with Crippen molar-refractivity contribution in [3.05, 3.63) is 30.1 Å². The molecule has 2 rings (SSSR count). The van der Waals surface area contributed by atoms with Crippen LogP contribution in [0.25, 0.3) is 0 Å². The summed E-state index contributed by atoms with van der Waals surface area (Å²) < 4.78 is 5.36. The van der Waals surface area contributed by atoms with Gasteiger partial charge in [-0.3, -0.25) is 9.78 Å². The van der Waals surface area contributed by atoms with Gasteiger partial charge in [0.25, 0.3) is 0 Å². The summed E-state index contributed by atoms with van der Waals surface area (Å²) >= 11 is 0. The van der Waals surface area contributed by atoms with Crippen LogP contribution in [0.3, 0.4) is 0 Å². The number of aromatic nitrogens is 1. The second-order valence-electron chi connectivity index (χ2n) is 4.86. The Morgan fingerprint density at radius 3 is 2.94 bits per heavy atom. The lowest BCUT2D eigenvalue weighted by Crippen LogP contribution is -2.37.